The first-order chi connectivity index (χ1) is 13.7. The Bertz CT molecular complexity index is 811. The second-order valence-corrected chi connectivity index (χ2v) is 6.52. The molecule has 1 amide bonds. The summed E-state index contributed by atoms with van der Waals surface area (Å²) in [5.41, 5.74) is 0.874. The van der Waals surface area contributed by atoms with E-state index in [9.17, 15) is 4.79 Å². The highest BCUT2D eigenvalue weighted by atomic mass is 16.5. The molecule has 3 rings (SSSR count). The van der Waals surface area contributed by atoms with Gasteiger partial charge in [-0.3, -0.25) is 4.79 Å². The number of hydrogen-bond donors (Lipinski definition) is 1. The molecule has 28 heavy (non-hydrogen) atoms. The van der Waals surface area contributed by atoms with Crippen molar-refractivity contribution in [3.63, 3.8) is 0 Å². The predicted octanol–water partition coefficient (Wildman–Crippen LogP) is 2.68. The number of anilines is 1. The molecule has 0 bridgehead atoms. The van der Waals surface area contributed by atoms with E-state index < -0.39 is 0 Å². The van der Waals surface area contributed by atoms with Crippen LogP contribution in [0.1, 0.15) is 25.3 Å². The molecule has 7 heteroatoms. The van der Waals surface area contributed by atoms with E-state index in [-0.39, 0.29) is 11.9 Å². The number of amides is 1. The number of nitrogens with one attached hydrogen (secondary N) is 1. The summed E-state index contributed by atoms with van der Waals surface area (Å²) in [5.74, 6) is 1.93. The minimum absolute atomic E-state index is 0.0737. The Morgan fingerprint density at radius 1 is 1.32 bits per heavy atom. The zero-order valence-electron chi connectivity index (χ0n) is 16.3. The lowest BCUT2D eigenvalue weighted by atomic mass is 10.1. The molecule has 7 nitrogen and oxygen atoms in total. The van der Waals surface area contributed by atoms with Crippen molar-refractivity contribution in [2.24, 2.45) is 0 Å². The number of ether oxygens (including phenoxy) is 2. The number of carbonyl (C=O) groups excluding carboxylic acids is 1. The lowest BCUT2D eigenvalue weighted by molar-refractivity contribution is -0.117. The van der Waals surface area contributed by atoms with Gasteiger partial charge in [-0.2, -0.15) is 0 Å². The molecule has 1 aliphatic rings. The highest BCUT2D eigenvalue weighted by molar-refractivity contribution is 5.92. The maximum Gasteiger partial charge on any atom is 0.244 e. The second kappa shape index (κ2) is 9.73. The largest absolute Gasteiger partial charge is 0.493 e. The van der Waals surface area contributed by atoms with Crippen LogP contribution in [0.15, 0.2) is 42.7 Å². The number of rotatable bonds is 7. The Hall–Kier alpha value is -3.09. The highest BCUT2D eigenvalue weighted by Crippen LogP contribution is 2.28. The Kier molecular flexibility index (Phi) is 6.84. The van der Waals surface area contributed by atoms with Crippen molar-refractivity contribution in [3.05, 3.63) is 48.3 Å². The summed E-state index contributed by atoms with van der Waals surface area (Å²) < 4.78 is 10.9. The van der Waals surface area contributed by atoms with Crippen LogP contribution in [0.5, 0.6) is 11.5 Å². The van der Waals surface area contributed by atoms with Gasteiger partial charge in [0, 0.05) is 37.6 Å². The summed E-state index contributed by atoms with van der Waals surface area (Å²) in [5, 5.41) is 3.07. The van der Waals surface area contributed by atoms with Gasteiger partial charge in [0.1, 0.15) is 0 Å². The van der Waals surface area contributed by atoms with Crippen molar-refractivity contribution in [2.75, 3.05) is 31.7 Å². The van der Waals surface area contributed by atoms with Crippen LogP contribution in [-0.2, 0) is 4.79 Å². The molecule has 1 aromatic heterocycles. The molecule has 148 valence electrons. The molecule has 1 aliphatic heterocycles. The van der Waals surface area contributed by atoms with E-state index in [0.717, 1.165) is 24.9 Å². The predicted molar refractivity (Wildman–Crippen MR) is 109 cm³/mol. The molecule has 0 aliphatic carbocycles. The van der Waals surface area contributed by atoms with Crippen LogP contribution in [0.3, 0.4) is 0 Å². The zero-order valence-corrected chi connectivity index (χ0v) is 16.3. The molecule has 1 fully saturated rings. The summed E-state index contributed by atoms with van der Waals surface area (Å²) in [4.78, 5) is 23.0. The Labute approximate surface area is 165 Å². The van der Waals surface area contributed by atoms with Gasteiger partial charge in [0.15, 0.2) is 11.5 Å². The normalized spacial score (nSPS) is 16.8. The van der Waals surface area contributed by atoms with E-state index in [2.05, 4.69) is 20.2 Å². The van der Waals surface area contributed by atoms with Crippen molar-refractivity contribution < 1.29 is 14.3 Å². The van der Waals surface area contributed by atoms with Crippen LogP contribution < -0.4 is 19.7 Å². The van der Waals surface area contributed by atoms with E-state index in [4.69, 9.17) is 9.47 Å². The molecule has 0 radical (unpaired) electrons. The minimum atomic E-state index is -0.117. The highest BCUT2D eigenvalue weighted by Gasteiger charge is 2.22. The zero-order chi connectivity index (χ0) is 19.8. The summed E-state index contributed by atoms with van der Waals surface area (Å²) in [6, 6.07) is 7.46. The number of benzene rings is 1. The fourth-order valence-electron chi connectivity index (χ4n) is 3.21. The summed E-state index contributed by atoms with van der Waals surface area (Å²) >= 11 is 0. The average Bonchev–Trinajstić information content (AvgIpc) is 2.74. The molecule has 1 aromatic carbocycles. The Morgan fingerprint density at radius 3 is 2.89 bits per heavy atom. The molecule has 2 aromatic rings. The number of carbonyl (C=O) groups is 1. The molecule has 1 saturated heterocycles. The minimum Gasteiger partial charge on any atom is -0.493 e. The average molecular weight is 382 g/mol. The van der Waals surface area contributed by atoms with Crippen molar-refractivity contribution in [1.29, 1.82) is 0 Å². The summed E-state index contributed by atoms with van der Waals surface area (Å²) in [6.45, 7) is 4.10. The third-order valence-electron chi connectivity index (χ3n) is 4.52. The Balaban J connectivity index is 1.57. The molecular weight excluding hydrogens is 356 g/mol. The summed E-state index contributed by atoms with van der Waals surface area (Å²) in [6.07, 6.45) is 8.72. The number of aromatic nitrogens is 2. The van der Waals surface area contributed by atoms with Gasteiger partial charge < -0.3 is 19.7 Å². The molecule has 1 N–H and O–H groups in total. The molecule has 2 heterocycles. The molecule has 1 atom stereocenters. The quantitative estimate of drug-likeness (QED) is 0.742. The smallest absolute Gasteiger partial charge is 0.244 e. The van der Waals surface area contributed by atoms with Gasteiger partial charge in [-0.15, -0.1) is 0 Å². The van der Waals surface area contributed by atoms with Crippen molar-refractivity contribution >= 4 is 17.9 Å². The third kappa shape index (κ3) is 5.22. The third-order valence-corrected chi connectivity index (χ3v) is 4.52. The van der Waals surface area contributed by atoms with E-state index in [0.29, 0.717) is 30.6 Å². The van der Waals surface area contributed by atoms with Gasteiger partial charge in [-0.05, 0) is 49.6 Å². The van der Waals surface area contributed by atoms with Gasteiger partial charge in [-0.25, -0.2) is 9.97 Å². The van der Waals surface area contributed by atoms with E-state index in [1.54, 1.807) is 37.7 Å². The van der Waals surface area contributed by atoms with Crippen molar-refractivity contribution in [3.8, 4) is 11.5 Å². The van der Waals surface area contributed by atoms with Crippen LogP contribution in [0.4, 0.5) is 5.95 Å². The molecule has 0 saturated carbocycles. The van der Waals surface area contributed by atoms with E-state index >= 15 is 0 Å². The first-order valence-corrected chi connectivity index (χ1v) is 9.51. The molecular formula is C21H26N4O3. The lowest BCUT2D eigenvalue weighted by Gasteiger charge is -2.32. The Morgan fingerprint density at radius 2 is 2.14 bits per heavy atom. The standard InChI is InChI=1S/C21H26N4O3/c1-3-28-18-9-7-16(14-19(18)27-2)8-10-20(26)24-17-6-4-13-25(15-17)21-22-11-5-12-23-21/h5,7-12,14,17H,3-4,6,13,15H2,1-2H3,(H,24,26)/b10-8+. The fraction of sp³-hybridized carbons (Fsp3) is 0.381. The number of nitrogens with zero attached hydrogens (tertiary/aromatic N) is 3. The van der Waals surface area contributed by atoms with Crippen molar-refractivity contribution in [2.45, 2.75) is 25.8 Å². The topological polar surface area (TPSA) is 76.6 Å². The SMILES string of the molecule is CCOc1ccc(/C=C/C(=O)NC2CCCN(c3ncccn3)C2)cc1OC. The van der Waals surface area contributed by atoms with Crippen LogP contribution in [0.25, 0.3) is 6.08 Å². The van der Waals surface area contributed by atoms with Crippen LogP contribution in [-0.4, -0.2) is 48.7 Å². The molecule has 0 spiro atoms. The lowest BCUT2D eigenvalue weighted by Crippen LogP contribution is -2.47. The first-order valence-electron chi connectivity index (χ1n) is 9.51. The first kappa shape index (κ1) is 19.7. The van der Waals surface area contributed by atoms with E-state index in [1.807, 2.05) is 25.1 Å². The summed E-state index contributed by atoms with van der Waals surface area (Å²) in [7, 11) is 1.60. The van der Waals surface area contributed by atoms with Gasteiger partial charge in [0.2, 0.25) is 11.9 Å². The maximum absolute atomic E-state index is 12.3. The monoisotopic (exact) mass is 382 g/mol. The van der Waals surface area contributed by atoms with Crippen molar-refractivity contribution in [1.82, 2.24) is 15.3 Å². The molecule has 1 unspecified atom stereocenters. The number of hydrogen-bond acceptors (Lipinski definition) is 6. The number of methoxy groups -OCH3 is 1. The fourth-order valence-corrected chi connectivity index (χ4v) is 3.21. The van der Waals surface area contributed by atoms with Gasteiger partial charge in [-0.1, -0.05) is 6.07 Å². The van der Waals surface area contributed by atoms with Crippen LogP contribution in [0.2, 0.25) is 0 Å². The van der Waals surface area contributed by atoms with Crippen LogP contribution in [0, 0.1) is 0 Å². The van der Waals surface area contributed by atoms with Gasteiger partial charge in [0.25, 0.3) is 0 Å². The maximum atomic E-state index is 12.3. The van der Waals surface area contributed by atoms with Gasteiger partial charge >= 0.3 is 0 Å². The van der Waals surface area contributed by atoms with E-state index in [1.165, 1.54) is 0 Å². The second-order valence-electron chi connectivity index (χ2n) is 6.52. The van der Waals surface area contributed by atoms with Gasteiger partial charge in [0.05, 0.1) is 13.7 Å². The number of piperidine rings is 1. The van der Waals surface area contributed by atoms with Crippen LogP contribution >= 0.6 is 0 Å².